The first-order valence-electron chi connectivity index (χ1n) is 6.03. The molecule has 0 unspecified atom stereocenters. The molecular formula is C14H18N2O3. The molecule has 1 rings (SSSR count). The van der Waals surface area contributed by atoms with Gasteiger partial charge in [0, 0.05) is 26.3 Å². The van der Waals surface area contributed by atoms with Crippen molar-refractivity contribution >= 4 is 5.91 Å². The Morgan fingerprint density at radius 1 is 1.42 bits per heavy atom. The molecule has 0 aromatic heterocycles. The molecule has 1 amide bonds. The van der Waals surface area contributed by atoms with E-state index in [9.17, 15) is 4.79 Å². The maximum atomic E-state index is 12.1. The van der Waals surface area contributed by atoms with E-state index in [-0.39, 0.29) is 5.91 Å². The number of ether oxygens (including phenoxy) is 2. The van der Waals surface area contributed by atoms with Gasteiger partial charge in [0.05, 0.1) is 19.1 Å². The molecule has 5 nitrogen and oxygen atoms in total. The topological polar surface area (TPSA) is 62.6 Å². The first-order chi connectivity index (χ1) is 9.19. The van der Waals surface area contributed by atoms with E-state index in [2.05, 4.69) is 0 Å². The highest BCUT2D eigenvalue weighted by molar-refractivity contribution is 5.94. The zero-order valence-corrected chi connectivity index (χ0v) is 11.3. The monoisotopic (exact) mass is 262 g/mol. The molecule has 19 heavy (non-hydrogen) atoms. The van der Waals surface area contributed by atoms with Gasteiger partial charge >= 0.3 is 0 Å². The van der Waals surface area contributed by atoms with E-state index in [4.69, 9.17) is 14.7 Å². The van der Waals surface area contributed by atoms with Crippen LogP contribution >= 0.6 is 0 Å². The predicted molar refractivity (Wildman–Crippen MR) is 71.0 cm³/mol. The fourth-order valence-corrected chi connectivity index (χ4v) is 1.50. The van der Waals surface area contributed by atoms with Gasteiger partial charge in [-0.1, -0.05) is 6.07 Å². The second-order valence-corrected chi connectivity index (χ2v) is 4.00. The van der Waals surface area contributed by atoms with E-state index in [1.54, 1.807) is 38.4 Å². The molecule has 0 aliphatic carbocycles. The van der Waals surface area contributed by atoms with Crippen LogP contribution < -0.4 is 4.74 Å². The Kier molecular flexibility index (Phi) is 6.41. The lowest BCUT2D eigenvalue weighted by atomic mass is 10.2. The van der Waals surface area contributed by atoms with Crippen LogP contribution in [0.5, 0.6) is 5.75 Å². The molecule has 5 heteroatoms. The Hall–Kier alpha value is -2.06. The van der Waals surface area contributed by atoms with Gasteiger partial charge < -0.3 is 14.4 Å². The van der Waals surface area contributed by atoms with Crippen molar-refractivity contribution in [1.29, 1.82) is 5.26 Å². The number of rotatable bonds is 7. The highest BCUT2D eigenvalue weighted by Crippen LogP contribution is 2.14. The van der Waals surface area contributed by atoms with Crippen LogP contribution in [0.1, 0.15) is 16.8 Å². The maximum absolute atomic E-state index is 12.1. The lowest BCUT2D eigenvalue weighted by molar-refractivity contribution is 0.0797. The largest absolute Gasteiger partial charge is 0.491 e. The van der Waals surface area contributed by atoms with Crippen LogP contribution in [0.4, 0.5) is 0 Å². The third kappa shape index (κ3) is 4.98. The number of benzene rings is 1. The second-order valence-electron chi connectivity index (χ2n) is 4.00. The maximum Gasteiger partial charge on any atom is 0.253 e. The Morgan fingerprint density at radius 3 is 2.89 bits per heavy atom. The third-order valence-electron chi connectivity index (χ3n) is 2.54. The lowest BCUT2D eigenvalue weighted by Crippen LogP contribution is -2.27. The molecule has 0 saturated carbocycles. The summed E-state index contributed by atoms with van der Waals surface area (Å²) >= 11 is 0. The summed E-state index contributed by atoms with van der Waals surface area (Å²) in [5, 5.41) is 8.51. The average Bonchev–Trinajstić information content (AvgIpc) is 2.44. The standard InChI is InChI=1S/C14H18N2O3/c1-16(8-4-7-15)14(17)12-5-3-6-13(11-12)19-10-9-18-2/h3,5-6,11H,4,8-10H2,1-2H3. The van der Waals surface area contributed by atoms with Gasteiger partial charge in [-0.3, -0.25) is 4.79 Å². The molecule has 0 atom stereocenters. The molecule has 0 aliphatic heterocycles. The zero-order valence-electron chi connectivity index (χ0n) is 11.3. The summed E-state index contributed by atoms with van der Waals surface area (Å²) in [7, 11) is 3.28. The van der Waals surface area contributed by atoms with Gasteiger partial charge in [0.2, 0.25) is 0 Å². The minimum atomic E-state index is -0.118. The number of carbonyl (C=O) groups excluding carboxylic acids is 1. The summed E-state index contributed by atoms with van der Waals surface area (Å²) in [6.07, 6.45) is 0.326. The normalized spacial score (nSPS) is 9.74. The summed E-state index contributed by atoms with van der Waals surface area (Å²) < 4.78 is 10.3. The molecule has 0 N–H and O–H groups in total. The first-order valence-corrected chi connectivity index (χ1v) is 6.03. The van der Waals surface area contributed by atoms with Crippen molar-refractivity contribution in [2.75, 3.05) is 33.9 Å². The van der Waals surface area contributed by atoms with Gasteiger partial charge in [0.15, 0.2) is 0 Å². The fourth-order valence-electron chi connectivity index (χ4n) is 1.50. The smallest absolute Gasteiger partial charge is 0.253 e. The van der Waals surface area contributed by atoms with Crippen molar-refractivity contribution in [3.8, 4) is 11.8 Å². The molecule has 102 valence electrons. The second kappa shape index (κ2) is 8.11. The number of amides is 1. The van der Waals surface area contributed by atoms with Crippen LogP contribution in [0.15, 0.2) is 24.3 Å². The van der Waals surface area contributed by atoms with Gasteiger partial charge in [-0.05, 0) is 18.2 Å². The minimum absolute atomic E-state index is 0.118. The molecule has 1 aromatic rings. The van der Waals surface area contributed by atoms with E-state index in [1.165, 1.54) is 4.90 Å². The summed E-state index contributed by atoms with van der Waals surface area (Å²) in [4.78, 5) is 13.6. The summed E-state index contributed by atoms with van der Waals surface area (Å²) in [5.74, 6) is 0.518. The molecule has 0 spiro atoms. The highest BCUT2D eigenvalue weighted by Gasteiger charge is 2.11. The predicted octanol–water partition coefficient (Wildman–Crippen LogP) is 1.70. The Labute approximate surface area is 113 Å². The molecule has 0 fully saturated rings. The number of hydrogen-bond donors (Lipinski definition) is 0. The molecule has 0 heterocycles. The molecule has 0 aliphatic rings. The highest BCUT2D eigenvalue weighted by atomic mass is 16.5. The van der Waals surface area contributed by atoms with E-state index in [0.717, 1.165) is 0 Å². The van der Waals surface area contributed by atoms with Crippen LogP contribution in [0.25, 0.3) is 0 Å². The van der Waals surface area contributed by atoms with E-state index >= 15 is 0 Å². The molecule has 1 aromatic carbocycles. The molecule has 0 saturated heterocycles. The summed E-state index contributed by atoms with van der Waals surface area (Å²) in [6.45, 7) is 1.36. The average molecular weight is 262 g/mol. The SMILES string of the molecule is COCCOc1cccc(C(=O)N(C)CCC#N)c1. The van der Waals surface area contributed by atoms with Crippen molar-refractivity contribution in [2.24, 2.45) is 0 Å². The van der Waals surface area contributed by atoms with E-state index in [1.807, 2.05) is 6.07 Å². The Balaban J connectivity index is 2.64. The molecular weight excluding hydrogens is 244 g/mol. The first kappa shape index (κ1) is 15.0. The number of methoxy groups -OCH3 is 1. The minimum Gasteiger partial charge on any atom is -0.491 e. The van der Waals surface area contributed by atoms with Gasteiger partial charge in [0.1, 0.15) is 12.4 Å². The molecule has 0 bridgehead atoms. The molecule has 0 radical (unpaired) electrons. The number of nitrogens with zero attached hydrogens (tertiary/aromatic N) is 2. The van der Waals surface area contributed by atoms with Crippen molar-refractivity contribution < 1.29 is 14.3 Å². The Bertz CT molecular complexity index is 454. The fraction of sp³-hybridized carbons (Fsp3) is 0.429. The van der Waals surface area contributed by atoms with Crippen molar-refractivity contribution in [3.05, 3.63) is 29.8 Å². The zero-order chi connectivity index (χ0) is 14.1. The number of carbonyl (C=O) groups is 1. The van der Waals surface area contributed by atoms with Crippen LogP contribution in [0.2, 0.25) is 0 Å². The third-order valence-corrected chi connectivity index (χ3v) is 2.54. The van der Waals surface area contributed by atoms with Crippen LogP contribution in [-0.2, 0) is 4.74 Å². The Morgan fingerprint density at radius 2 is 2.21 bits per heavy atom. The van der Waals surface area contributed by atoms with Crippen molar-refractivity contribution in [3.63, 3.8) is 0 Å². The van der Waals surface area contributed by atoms with Crippen molar-refractivity contribution in [1.82, 2.24) is 4.90 Å². The van der Waals surface area contributed by atoms with Crippen molar-refractivity contribution in [2.45, 2.75) is 6.42 Å². The van der Waals surface area contributed by atoms with Gasteiger partial charge in [-0.15, -0.1) is 0 Å². The lowest BCUT2D eigenvalue weighted by Gasteiger charge is -2.16. The van der Waals surface area contributed by atoms with Crippen LogP contribution in [0.3, 0.4) is 0 Å². The summed E-state index contributed by atoms with van der Waals surface area (Å²) in [6, 6.07) is 9.01. The van der Waals surface area contributed by atoms with Gasteiger partial charge in [-0.25, -0.2) is 0 Å². The van der Waals surface area contributed by atoms with Crippen LogP contribution in [-0.4, -0.2) is 44.7 Å². The quantitative estimate of drug-likeness (QED) is 0.702. The van der Waals surface area contributed by atoms with Gasteiger partial charge in [0.25, 0.3) is 5.91 Å². The number of nitriles is 1. The number of hydrogen-bond acceptors (Lipinski definition) is 4. The van der Waals surface area contributed by atoms with Gasteiger partial charge in [-0.2, -0.15) is 5.26 Å². The van der Waals surface area contributed by atoms with E-state index < -0.39 is 0 Å². The van der Waals surface area contributed by atoms with Crippen LogP contribution in [0, 0.1) is 11.3 Å². The van der Waals surface area contributed by atoms with E-state index in [0.29, 0.717) is 37.5 Å². The summed E-state index contributed by atoms with van der Waals surface area (Å²) in [5.41, 5.74) is 0.551.